The van der Waals surface area contributed by atoms with Crippen LogP contribution < -0.4 is 27.9 Å². The van der Waals surface area contributed by atoms with E-state index in [-0.39, 0.29) is 0 Å². The lowest BCUT2D eigenvalue weighted by Gasteiger charge is -2.18. The summed E-state index contributed by atoms with van der Waals surface area (Å²) in [6.07, 6.45) is 0. The van der Waals surface area contributed by atoms with Crippen molar-refractivity contribution in [1.82, 2.24) is 0 Å². The van der Waals surface area contributed by atoms with Gasteiger partial charge in [0.15, 0.2) is 0 Å². The van der Waals surface area contributed by atoms with Gasteiger partial charge in [-0.15, -0.1) is 10.2 Å². The molecule has 0 saturated heterocycles. The Morgan fingerprint density at radius 3 is 1.57 bits per heavy atom. The van der Waals surface area contributed by atoms with Crippen LogP contribution in [-0.4, -0.2) is 7.11 Å². The molecule has 1 aromatic heterocycles. The molecule has 0 fully saturated rings. The van der Waals surface area contributed by atoms with E-state index in [0.717, 1.165) is 11.3 Å². The maximum absolute atomic E-state index is 8.49. The van der Waals surface area contributed by atoms with E-state index in [1.54, 1.807) is 7.11 Å². The molecule has 0 spiro atoms. The van der Waals surface area contributed by atoms with Gasteiger partial charge in [0.1, 0.15) is 12.8 Å². The van der Waals surface area contributed by atoms with Crippen LogP contribution in [-0.2, 0) is 7.05 Å². The summed E-state index contributed by atoms with van der Waals surface area (Å²) in [6, 6.07) is 47.4. The van der Waals surface area contributed by atoms with Gasteiger partial charge in [0, 0.05) is 17.5 Å². The summed E-state index contributed by atoms with van der Waals surface area (Å²) in [6.45, 7) is 0. The number of ether oxygens (including phenoxy) is 1. The molecule has 0 bridgehead atoms. The number of pyridine rings is 1. The van der Waals surface area contributed by atoms with Crippen molar-refractivity contribution in [1.29, 1.82) is 0 Å². The molecule has 6 aromatic rings. The lowest BCUT2D eigenvalue weighted by Crippen LogP contribution is -2.68. The summed E-state index contributed by atoms with van der Waals surface area (Å²) >= 11 is 0. The number of hydrogen-bond acceptors (Lipinski definition) is 5. The van der Waals surface area contributed by atoms with E-state index in [1.807, 2.05) is 12.1 Å². The van der Waals surface area contributed by atoms with Gasteiger partial charge in [0.2, 0.25) is 11.2 Å². The molecule has 0 atom stereocenters. The lowest BCUT2D eigenvalue weighted by atomic mass is 9.86. The summed E-state index contributed by atoms with van der Waals surface area (Å²) in [5.74, 6) is 0.857. The molecule has 0 unspecified atom stereocenters. The van der Waals surface area contributed by atoms with Crippen LogP contribution in [0.25, 0.3) is 55.5 Å². The van der Waals surface area contributed by atoms with Crippen LogP contribution in [0.1, 0.15) is 0 Å². The summed E-state index contributed by atoms with van der Waals surface area (Å²) in [5.41, 5.74) is 10.7. The second-order valence-corrected chi connectivity index (χ2v) is 10.4. The van der Waals surface area contributed by atoms with Crippen LogP contribution in [0.5, 0.6) is 5.75 Å². The van der Waals surface area contributed by atoms with Crippen LogP contribution in [0.3, 0.4) is 0 Å². The van der Waals surface area contributed by atoms with Crippen molar-refractivity contribution in [3.05, 3.63) is 133 Å². The summed E-state index contributed by atoms with van der Waals surface area (Å²) in [7, 11) is -1.08. The van der Waals surface area contributed by atoms with Crippen molar-refractivity contribution in [2.24, 2.45) is 7.05 Å². The molecule has 6 rings (SSSR count). The van der Waals surface area contributed by atoms with Gasteiger partial charge in [0.05, 0.1) is 12.7 Å². The fourth-order valence-corrected chi connectivity index (χ4v) is 5.15. The topological polar surface area (TPSA) is 105 Å². The third kappa shape index (κ3) is 6.66. The third-order valence-corrected chi connectivity index (χ3v) is 7.07. The number of halogens is 1. The fraction of sp³-hybridized carbons (Fsp3) is 0.0571. The molecule has 210 valence electrons. The van der Waals surface area contributed by atoms with Gasteiger partial charge in [-0.2, -0.15) is 4.57 Å². The highest BCUT2D eigenvalue weighted by atomic mass is 35.7. The maximum Gasteiger partial charge on any atom is 0.214 e. The van der Waals surface area contributed by atoms with Crippen molar-refractivity contribution in [3.8, 4) is 50.4 Å². The molecular weight excluding hydrogens is 550 g/mol. The van der Waals surface area contributed by atoms with Gasteiger partial charge in [-0.3, -0.25) is 0 Å². The lowest BCUT2D eigenvalue weighted by molar-refractivity contribution is -2.00. The number of fused-ring (bicyclic) bond motifs is 1. The molecule has 0 amide bonds. The van der Waals surface area contributed by atoms with Gasteiger partial charge in [-0.05, 0) is 69.8 Å². The Hall–Kier alpha value is -4.56. The highest BCUT2D eigenvalue weighted by Crippen LogP contribution is 2.42. The van der Waals surface area contributed by atoms with Crippen LogP contribution in [0.2, 0.25) is 0 Å². The second kappa shape index (κ2) is 12.5. The minimum atomic E-state index is -4.94. The number of hydrogen-bond donors (Lipinski definition) is 0. The number of aromatic nitrogens is 1. The Bertz CT molecular complexity index is 1740. The average Bonchev–Trinajstić information content (AvgIpc) is 3.01. The number of rotatable bonds is 5. The van der Waals surface area contributed by atoms with E-state index in [9.17, 15) is 0 Å². The zero-order valence-corrected chi connectivity index (χ0v) is 23.8. The van der Waals surface area contributed by atoms with Gasteiger partial charge in [0.25, 0.3) is 0 Å². The van der Waals surface area contributed by atoms with Crippen molar-refractivity contribution >= 4 is 10.9 Å². The maximum atomic E-state index is 8.49. The number of aryl methyl sites for hydroxylation is 1. The molecular formula is C35H28ClNO5. The van der Waals surface area contributed by atoms with E-state index in [1.165, 1.54) is 50.0 Å². The molecule has 0 aliphatic rings. The van der Waals surface area contributed by atoms with Crippen molar-refractivity contribution in [2.45, 2.75) is 0 Å². The molecule has 0 aliphatic heterocycles. The monoisotopic (exact) mass is 577 g/mol. The van der Waals surface area contributed by atoms with Gasteiger partial charge in [-0.25, -0.2) is 18.6 Å². The Morgan fingerprint density at radius 1 is 0.548 bits per heavy atom. The van der Waals surface area contributed by atoms with E-state index in [2.05, 4.69) is 133 Å². The Morgan fingerprint density at radius 2 is 1.05 bits per heavy atom. The second-order valence-electron chi connectivity index (χ2n) is 9.62. The average molecular weight is 578 g/mol. The molecule has 0 radical (unpaired) electrons. The predicted molar refractivity (Wildman–Crippen MR) is 153 cm³/mol. The third-order valence-electron chi connectivity index (χ3n) is 7.07. The molecule has 5 aromatic carbocycles. The van der Waals surface area contributed by atoms with Crippen LogP contribution in [0.15, 0.2) is 133 Å². The normalized spacial score (nSPS) is 11.1. The molecule has 7 heteroatoms. The number of para-hydroxylation sites is 1. The first kappa shape index (κ1) is 29.0. The van der Waals surface area contributed by atoms with Crippen LogP contribution in [0, 0.1) is 10.2 Å². The van der Waals surface area contributed by atoms with Crippen LogP contribution in [0.4, 0.5) is 0 Å². The molecule has 0 saturated carbocycles. The summed E-state index contributed by atoms with van der Waals surface area (Å²) < 4.78 is 41.7. The number of nitrogens with zero attached hydrogens (tertiary/aromatic N) is 1. The van der Waals surface area contributed by atoms with Crippen LogP contribution >= 0.6 is 0 Å². The van der Waals surface area contributed by atoms with E-state index in [0.29, 0.717) is 0 Å². The van der Waals surface area contributed by atoms with Gasteiger partial charge in [-0.1, -0.05) is 84.9 Å². The zero-order valence-electron chi connectivity index (χ0n) is 23.1. The molecule has 0 N–H and O–H groups in total. The fourth-order valence-electron chi connectivity index (χ4n) is 5.15. The largest absolute Gasteiger partial charge is 0.497 e. The minimum Gasteiger partial charge on any atom is -0.497 e. The molecule has 6 nitrogen and oxygen atoms in total. The predicted octanol–water partition coefficient (Wildman–Crippen LogP) is 3.58. The molecule has 42 heavy (non-hydrogen) atoms. The molecule has 1 heterocycles. The standard InChI is InChI=1S/C35H28NO.ClHO4/c1-36-33-16-10-9-15-28(33)19-22-34(36)35-31(26-11-5-3-6-12-26)23-29(25-17-20-30(37-2)21-18-25)24-32(35)27-13-7-4-8-14-27;2-1(3,4)5/h3-24H,1-2H3;(H,2,3,4,5)/q+1;/p-1. The zero-order chi connectivity index (χ0) is 29.7. The SMILES string of the molecule is COc1ccc(-c2cc(-c3ccccc3)c(-c3ccc4ccccc4[n+]3C)c(-c3ccccc3)c2)cc1.[O-][Cl+3]([O-])([O-])[O-]. The van der Waals surface area contributed by atoms with E-state index >= 15 is 0 Å². The van der Waals surface area contributed by atoms with Gasteiger partial charge < -0.3 is 4.74 Å². The summed E-state index contributed by atoms with van der Waals surface area (Å²) in [5, 5.41) is 1.23. The first-order chi connectivity index (χ1) is 20.2. The Balaban J connectivity index is 0.000000652. The van der Waals surface area contributed by atoms with Crippen molar-refractivity contribution in [3.63, 3.8) is 0 Å². The van der Waals surface area contributed by atoms with E-state index in [4.69, 9.17) is 23.4 Å². The Kier molecular flexibility index (Phi) is 8.64. The highest BCUT2D eigenvalue weighted by Gasteiger charge is 2.23. The number of methoxy groups -OCH3 is 1. The van der Waals surface area contributed by atoms with E-state index < -0.39 is 10.2 Å². The smallest absolute Gasteiger partial charge is 0.214 e. The minimum absolute atomic E-state index is 0.857. The first-order valence-electron chi connectivity index (χ1n) is 13.2. The molecule has 0 aliphatic carbocycles. The van der Waals surface area contributed by atoms with Crippen molar-refractivity contribution in [2.75, 3.05) is 7.11 Å². The van der Waals surface area contributed by atoms with Gasteiger partial charge >= 0.3 is 0 Å². The summed E-state index contributed by atoms with van der Waals surface area (Å²) in [4.78, 5) is 0. The Labute approximate surface area is 246 Å². The highest BCUT2D eigenvalue weighted by molar-refractivity contribution is 5.96. The quantitative estimate of drug-likeness (QED) is 0.291. The van der Waals surface area contributed by atoms with Crippen molar-refractivity contribution < 1.29 is 38.2 Å². The number of benzene rings is 5. The first-order valence-corrected chi connectivity index (χ1v) is 14.4.